The predicted octanol–water partition coefficient (Wildman–Crippen LogP) is 3.72. The SMILES string of the molecule is C=CC(=O)Nc1ccc(C(=O)N2CCN(C(=O)c3cccc(Cl)c3Cl)CC2)cc1. The second-order valence-corrected chi connectivity index (χ2v) is 7.24. The van der Waals surface area contributed by atoms with Crippen LogP contribution in [0.5, 0.6) is 0 Å². The van der Waals surface area contributed by atoms with Crippen molar-refractivity contribution in [2.24, 2.45) is 0 Å². The van der Waals surface area contributed by atoms with Crippen LogP contribution >= 0.6 is 23.2 Å². The number of carbonyl (C=O) groups is 3. The molecule has 1 N–H and O–H groups in total. The molecule has 0 unspecified atom stereocenters. The second kappa shape index (κ2) is 9.11. The fourth-order valence-electron chi connectivity index (χ4n) is 3.02. The van der Waals surface area contributed by atoms with Gasteiger partial charge in [-0.1, -0.05) is 35.8 Å². The van der Waals surface area contributed by atoms with Crippen molar-refractivity contribution in [3.63, 3.8) is 0 Å². The fraction of sp³-hybridized carbons (Fsp3) is 0.190. The van der Waals surface area contributed by atoms with Gasteiger partial charge in [0.25, 0.3) is 11.8 Å². The third-order valence-corrected chi connectivity index (χ3v) is 5.44. The minimum atomic E-state index is -0.315. The molecule has 2 aromatic carbocycles. The lowest BCUT2D eigenvalue weighted by atomic mass is 10.1. The van der Waals surface area contributed by atoms with E-state index in [-0.39, 0.29) is 22.7 Å². The summed E-state index contributed by atoms with van der Waals surface area (Å²) in [5.74, 6) is -0.643. The Balaban J connectivity index is 1.60. The van der Waals surface area contributed by atoms with Crippen molar-refractivity contribution >= 4 is 46.6 Å². The van der Waals surface area contributed by atoms with Crippen molar-refractivity contribution in [1.82, 2.24) is 9.80 Å². The number of piperazine rings is 1. The average Bonchev–Trinajstić information content (AvgIpc) is 2.75. The summed E-state index contributed by atoms with van der Waals surface area (Å²) in [6.45, 7) is 5.03. The number of nitrogens with one attached hydrogen (secondary N) is 1. The second-order valence-electron chi connectivity index (χ2n) is 6.46. The van der Waals surface area contributed by atoms with Crippen LogP contribution < -0.4 is 5.32 Å². The molecular formula is C21H19Cl2N3O3. The zero-order valence-corrected chi connectivity index (χ0v) is 17.0. The molecule has 150 valence electrons. The Morgan fingerprint density at radius 2 is 1.48 bits per heavy atom. The predicted molar refractivity (Wildman–Crippen MR) is 114 cm³/mol. The third kappa shape index (κ3) is 4.78. The van der Waals surface area contributed by atoms with Crippen LogP contribution in [0.4, 0.5) is 5.69 Å². The van der Waals surface area contributed by atoms with Gasteiger partial charge in [0.2, 0.25) is 5.91 Å². The highest BCUT2D eigenvalue weighted by atomic mass is 35.5. The molecule has 0 saturated carbocycles. The summed E-state index contributed by atoms with van der Waals surface area (Å²) in [7, 11) is 0. The van der Waals surface area contributed by atoms with E-state index in [0.29, 0.717) is 48.0 Å². The highest BCUT2D eigenvalue weighted by Gasteiger charge is 2.26. The van der Waals surface area contributed by atoms with Crippen LogP contribution in [0.15, 0.2) is 55.1 Å². The molecule has 6 nitrogen and oxygen atoms in total. The Morgan fingerprint density at radius 1 is 0.897 bits per heavy atom. The summed E-state index contributed by atoms with van der Waals surface area (Å²) in [4.78, 5) is 40.1. The first kappa shape index (κ1) is 20.9. The first-order valence-electron chi connectivity index (χ1n) is 8.96. The molecule has 0 bridgehead atoms. The van der Waals surface area contributed by atoms with Gasteiger partial charge in [0.1, 0.15) is 0 Å². The first-order chi connectivity index (χ1) is 13.9. The monoisotopic (exact) mass is 431 g/mol. The Labute approximate surface area is 178 Å². The molecule has 0 radical (unpaired) electrons. The van der Waals surface area contributed by atoms with Crippen LogP contribution in [0, 0.1) is 0 Å². The van der Waals surface area contributed by atoms with Gasteiger partial charge in [-0.25, -0.2) is 0 Å². The summed E-state index contributed by atoms with van der Waals surface area (Å²) >= 11 is 12.1. The van der Waals surface area contributed by atoms with Crippen LogP contribution in [0.2, 0.25) is 10.0 Å². The maximum absolute atomic E-state index is 12.7. The smallest absolute Gasteiger partial charge is 0.255 e. The quantitative estimate of drug-likeness (QED) is 0.749. The van der Waals surface area contributed by atoms with Crippen molar-refractivity contribution in [3.05, 3.63) is 76.3 Å². The van der Waals surface area contributed by atoms with Gasteiger partial charge in [-0.2, -0.15) is 0 Å². The number of hydrogen-bond acceptors (Lipinski definition) is 3. The maximum atomic E-state index is 12.7. The molecule has 0 atom stereocenters. The molecule has 1 aliphatic rings. The molecular weight excluding hydrogens is 413 g/mol. The van der Waals surface area contributed by atoms with Crippen LogP contribution in [-0.2, 0) is 4.79 Å². The molecule has 3 rings (SSSR count). The Hall–Kier alpha value is -2.83. The molecule has 29 heavy (non-hydrogen) atoms. The van der Waals surface area contributed by atoms with E-state index < -0.39 is 0 Å². The highest BCUT2D eigenvalue weighted by molar-refractivity contribution is 6.43. The summed E-state index contributed by atoms with van der Waals surface area (Å²) in [5.41, 5.74) is 1.45. The number of carbonyl (C=O) groups excluding carboxylic acids is 3. The van der Waals surface area contributed by atoms with Crippen molar-refractivity contribution in [2.75, 3.05) is 31.5 Å². The normalized spacial score (nSPS) is 13.7. The Kier molecular flexibility index (Phi) is 6.56. The molecule has 1 aliphatic heterocycles. The number of anilines is 1. The molecule has 1 saturated heterocycles. The van der Waals surface area contributed by atoms with Crippen molar-refractivity contribution in [1.29, 1.82) is 0 Å². The van der Waals surface area contributed by atoms with Gasteiger partial charge in [0.05, 0.1) is 15.6 Å². The summed E-state index contributed by atoms with van der Waals surface area (Å²) in [5, 5.41) is 3.20. The standard InChI is InChI=1S/C21H19Cl2N3O3/c1-2-18(27)24-15-8-6-14(7-9-15)20(28)25-10-12-26(13-11-25)21(29)16-4-3-5-17(22)19(16)23/h2-9H,1,10-13H2,(H,24,27). The average molecular weight is 432 g/mol. The van der Waals surface area contributed by atoms with Crippen LogP contribution in [0.3, 0.4) is 0 Å². The lowest BCUT2D eigenvalue weighted by Gasteiger charge is -2.35. The minimum Gasteiger partial charge on any atom is -0.335 e. The largest absolute Gasteiger partial charge is 0.335 e. The van der Waals surface area contributed by atoms with Crippen LogP contribution in [0.25, 0.3) is 0 Å². The fourth-order valence-corrected chi connectivity index (χ4v) is 3.41. The zero-order valence-electron chi connectivity index (χ0n) is 15.5. The molecule has 0 aliphatic carbocycles. The number of amides is 3. The van der Waals surface area contributed by atoms with Gasteiger partial charge in [-0.05, 0) is 42.5 Å². The number of hydrogen-bond donors (Lipinski definition) is 1. The van der Waals surface area contributed by atoms with E-state index in [0.717, 1.165) is 0 Å². The lowest BCUT2D eigenvalue weighted by Crippen LogP contribution is -2.50. The molecule has 1 heterocycles. The van der Waals surface area contributed by atoms with Gasteiger partial charge >= 0.3 is 0 Å². The van der Waals surface area contributed by atoms with Crippen molar-refractivity contribution in [2.45, 2.75) is 0 Å². The first-order valence-corrected chi connectivity index (χ1v) is 9.72. The minimum absolute atomic E-state index is 0.125. The van der Waals surface area contributed by atoms with E-state index in [2.05, 4.69) is 11.9 Å². The van der Waals surface area contributed by atoms with E-state index in [1.807, 2.05) is 0 Å². The number of benzene rings is 2. The van der Waals surface area contributed by atoms with Gasteiger partial charge in [0.15, 0.2) is 0 Å². The van der Waals surface area contributed by atoms with E-state index in [9.17, 15) is 14.4 Å². The van der Waals surface area contributed by atoms with E-state index >= 15 is 0 Å². The highest BCUT2D eigenvalue weighted by Crippen LogP contribution is 2.27. The van der Waals surface area contributed by atoms with Gasteiger partial charge in [-0.15, -0.1) is 0 Å². The van der Waals surface area contributed by atoms with Gasteiger partial charge in [-0.3, -0.25) is 14.4 Å². The third-order valence-electron chi connectivity index (χ3n) is 4.62. The molecule has 0 spiro atoms. The molecule has 8 heteroatoms. The van der Waals surface area contributed by atoms with Crippen LogP contribution in [-0.4, -0.2) is 53.7 Å². The van der Waals surface area contributed by atoms with Gasteiger partial charge in [0, 0.05) is 37.4 Å². The maximum Gasteiger partial charge on any atom is 0.255 e. The Morgan fingerprint density at radius 3 is 2.07 bits per heavy atom. The summed E-state index contributed by atoms with van der Waals surface area (Å²) < 4.78 is 0. The molecule has 3 amide bonds. The lowest BCUT2D eigenvalue weighted by molar-refractivity contribution is -0.111. The number of nitrogens with zero attached hydrogens (tertiary/aromatic N) is 2. The zero-order chi connectivity index (χ0) is 21.0. The molecule has 2 aromatic rings. The van der Waals surface area contributed by atoms with E-state index in [4.69, 9.17) is 23.2 Å². The van der Waals surface area contributed by atoms with E-state index in [1.165, 1.54) is 6.08 Å². The van der Waals surface area contributed by atoms with Crippen LogP contribution in [0.1, 0.15) is 20.7 Å². The Bertz CT molecular complexity index is 952. The van der Waals surface area contributed by atoms with Gasteiger partial charge < -0.3 is 15.1 Å². The van der Waals surface area contributed by atoms with Crippen molar-refractivity contribution < 1.29 is 14.4 Å². The summed E-state index contributed by atoms with van der Waals surface area (Å²) in [6.07, 6.45) is 1.18. The molecule has 1 fully saturated rings. The van der Waals surface area contributed by atoms with Crippen molar-refractivity contribution in [3.8, 4) is 0 Å². The number of halogens is 2. The number of rotatable bonds is 4. The molecule has 0 aromatic heterocycles. The topological polar surface area (TPSA) is 69.7 Å². The van der Waals surface area contributed by atoms with E-state index in [1.54, 1.807) is 52.3 Å². The summed E-state index contributed by atoms with van der Waals surface area (Å²) in [6, 6.07) is 11.6.